The molecule has 14 heteroatoms. The van der Waals surface area contributed by atoms with Crippen LogP contribution in [-0.4, -0.2) is 107 Å². The number of likely N-dealkylation sites (tertiary alicyclic amines) is 1. The molecule has 12 nitrogen and oxygen atoms in total. The number of nitrogens with one attached hydrogen (secondary N) is 1. The van der Waals surface area contributed by atoms with Crippen LogP contribution in [0.2, 0.25) is 0 Å². The lowest BCUT2D eigenvalue weighted by Gasteiger charge is -2.40. The van der Waals surface area contributed by atoms with Gasteiger partial charge in [0.25, 0.3) is 12.3 Å². The van der Waals surface area contributed by atoms with Crippen molar-refractivity contribution in [3.63, 3.8) is 0 Å². The van der Waals surface area contributed by atoms with Crippen molar-refractivity contribution in [2.75, 3.05) is 57.1 Å². The summed E-state index contributed by atoms with van der Waals surface area (Å²) in [6.45, 7) is 5.30. The number of amides is 1. The molecule has 0 saturated carbocycles. The zero-order valence-corrected chi connectivity index (χ0v) is 25.4. The number of aliphatic hydroxyl groups excluding tert-OH is 1. The van der Waals surface area contributed by atoms with Crippen molar-refractivity contribution >= 4 is 23.2 Å². The van der Waals surface area contributed by atoms with E-state index < -0.39 is 18.4 Å². The molecule has 3 aromatic rings. The number of piperazine rings is 1. The molecule has 0 aliphatic carbocycles. The van der Waals surface area contributed by atoms with Crippen molar-refractivity contribution in [2.45, 2.75) is 44.4 Å². The predicted molar refractivity (Wildman–Crippen MR) is 163 cm³/mol. The Morgan fingerprint density at radius 3 is 2.58 bits per heavy atom. The van der Waals surface area contributed by atoms with Crippen LogP contribution in [0.1, 0.15) is 25.3 Å². The second-order valence-corrected chi connectivity index (χ2v) is 11.2. The van der Waals surface area contributed by atoms with E-state index in [0.29, 0.717) is 59.0 Å². The topological polar surface area (TPSA) is 140 Å². The molecule has 238 valence electrons. The number of benzene rings is 1. The van der Waals surface area contributed by atoms with Crippen molar-refractivity contribution < 1.29 is 28.2 Å². The van der Waals surface area contributed by atoms with Crippen molar-refractivity contribution in [1.82, 2.24) is 24.8 Å². The highest BCUT2D eigenvalue weighted by Gasteiger charge is 2.33. The average molecular weight is 623 g/mol. The van der Waals surface area contributed by atoms with Crippen LogP contribution in [0.4, 0.5) is 26.1 Å². The summed E-state index contributed by atoms with van der Waals surface area (Å²) >= 11 is 0. The second-order valence-electron chi connectivity index (χ2n) is 11.2. The monoisotopic (exact) mass is 622 g/mol. The summed E-state index contributed by atoms with van der Waals surface area (Å²) in [5, 5.41) is 22.4. The number of carbonyl (C=O) groups excluding carboxylic acids is 1. The fraction of sp³-hybridized carbons (Fsp3) is 0.452. The number of hydrogen-bond acceptors (Lipinski definition) is 11. The maximum atomic E-state index is 12.7. The number of alkyl halides is 2. The quantitative estimate of drug-likeness (QED) is 0.363. The minimum absolute atomic E-state index is 0.169. The number of nitriles is 1. The van der Waals surface area contributed by atoms with E-state index in [1.54, 1.807) is 31.4 Å². The SMILES string of the molecule is COc1nc(Nc2cc(-c3ccc(OC4CCN(C(=O)[C@@H](O)C(F)F)CC4)c(C#N)c3)ncn2)ccc1N1CCN(C)C[C@H]1C. The van der Waals surface area contributed by atoms with Crippen molar-refractivity contribution in [1.29, 1.82) is 5.26 Å². The van der Waals surface area contributed by atoms with Crippen LogP contribution in [0, 0.1) is 11.3 Å². The Morgan fingerprint density at radius 2 is 1.89 bits per heavy atom. The lowest BCUT2D eigenvalue weighted by atomic mass is 10.1. The average Bonchev–Trinajstić information content (AvgIpc) is 3.05. The number of halogens is 2. The van der Waals surface area contributed by atoms with E-state index in [2.05, 4.69) is 50.1 Å². The van der Waals surface area contributed by atoms with E-state index >= 15 is 0 Å². The molecule has 1 aromatic carbocycles. The molecule has 0 bridgehead atoms. The van der Waals surface area contributed by atoms with Gasteiger partial charge in [0.1, 0.15) is 41.6 Å². The predicted octanol–water partition coefficient (Wildman–Crippen LogP) is 3.30. The Bertz CT molecular complexity index is 1550. The Labute approximate surface area is 260 Å². The van der Waals surface area contributed by atoms with E-state index in [9.17, 15) is 23.9 Å². The van der Waals surface area contributed by atoms with Crippen LogP contribution in [-0.2, 0) is 4.79 Å². The molecule has 2 aromatic heterocycles. The first-order valence-corrected chi connectivity index (χ1v) is 14.7. The molecule has 2 saturated heterocycles. The molecule has 5 rings (SSSR count). The second kappa shape index (κ2) is 14.0. The number of piperidine rings is 1. The third-order valence-electron chi connectivity index (χ3n) is 8.03. The van der Waals surface area contributed by atoms with Crippen LogP contribution in [0.15, 0.2) is 42.7 Å². The maximum absolute atomic E-state index is 12.7. The lowest BCUT2D eigenvalue weighted by Crippen LogP contribution is -2.50. The molecule has 0 unspecified atom stereocenters. The zero-order valence-electron chi connectivity index (χ0n) is 25.4. The van der Waals surface area contributed by atoms with E-state index in [1.165, 1.54) is 11.2 Å². The van der Waals surface area contributed by atoms with Gasteiger partial charge >= 0.3 is 0 Å². The Hall–Kier alpha value is -4.61. The minimum Gasteiger partial charge on any atom is -0.489 e. The summed E-state index contributed by atoms with van der Waals surface area (Å²) < 4.78 is 37.1. The number of hydrogen-bond donors (Lipinski definition) is 2. The van der Waals surface area contributed by atoms with Crippen LogP contribution in [0.25, 0.3) is 11.3 Å². The first-order chi connectivity index (χ1) is 21.7. The summed E-state index contributed by atoms with van der Waals surface area (Å²) in [5.74, 6) is 0.962. The number of nitrogens with zero attached hydrogens (tertiary/aromatic N) is 7. The molecule has 0 radical (unpaired) electrons. The van der Waals surface area contributed by atoms with E-state index in [0.717, 1.165) is 25.3 Å². The fourth-order valence-corrected chi connectivity index (χ4v) is 5.63. The Kier molecular flexibility index (Phi) is 9.90. The highest BCUT2D eigenvalue weighted by Crippen LogP contribution is 2.32. The van der Waals surface area contributed by atoms with Gasteiger partial charge < -0.3 is 34.6 Å². The highest BCUT2D eigenvalue weighted by atomic mass is 19.3. The number of carbonyl (C=O) groups is 1. The number of anilines is 3. The number of aliphatic hydroxyl groups is 1. The normalized spacial score (nSPS) is 18.4. The van der Waals surface area contributed by atoms with Crippen molar-refractivity contribution in [3.8, 4) is 29.0 Å². The minimum atomic E-state index is -3.13. The summed E-state index contributed by atoms with van der Waals surface area (Å²) in [4.78, 5) is 31.2. The summed E-state index contributed by atoms with van der Waals surface area (Å²) in [6.07, 6.45) is -3.60. The van der Waals surface area contributed by atoms with Gasteiger partial charge in [-0.1, -0.05) is 0 Å². The van der Waals surface area contributed by atoms with Gasteiger partial charge in [0.2, 0.25) is 5.88 Å². The first-order valence-electron chi connectivity index (χ1n) is 14.7. The van der Waals surface area contributed by atoms with E-state index in [4.69, 9.17) is 9.47 Å². The number of pyridine rings is 1. The molecule has 4 heterocycles. The van der Waals surface area contributed by atoms with Gasteiger partial charge in [-0.05, 0) is 44.3 Å². The highest BCUT2D eigenvalue weighted by molar-refractivity contribution is 5.81. The number of ether oxygens (including phenoxy) is 2. The molecule has 2 aliphatic rings. The summed E-state index contributed by atoms with van der Waals surface area (Å²) in [5.41, 5.74) is 2.49. The summed E-state index contributed by atoms with van der Waals surface area (Å²) in [6, 6.07) is 13.2. The largest absolute Gasteiger partial charge is 0.489 e. The molecular weight excluding hydrogens is 586 g/mol. The van der Waals surface area contributed by atoms with Gasteiger partial charge in [0.05, 0.1) is 18.4 Å². The van der Waals surface area contributed by atoms with Crippen LogP contribution in [0.5, 0.6) is 11.6 Å². The standard InChI is InChI=1S/C31H36F2N8O4/c1-19-17-39(2)12-13-41(19)24-5-7-26(38-30(24)44-3)37-27-15-23(35-18-36-27)20-4-6-25(21(14-20)16-34)45-22-8-10-40(11-9-22)31(43)28(42)29(32)33/h4-7,14-15,18-19,22,28-29,42H,8-13,17H2,1-3H3,(H,35,36,37,38)/t19-,28+/m1/s1. The molecule has 2 aliphatic heterocycles. The summed E-state index contributed by atoms with van der Waals surface area (Å²) in [7, 11) is 3.72. The van der Waals surface area contributed by atoms with Gasteiger partial charge in [-0.15, -0.1) is 0 Å². The zero-order chi connectivity index (χ0) is 32.1. The number of aromatic nitrogens is 3. The van der Waals surface area contributed by atoms with Crippen LogP contribution < -0.4 is 19.7 Å². The molecular formula is C31H36F2N8O4. The fourth-order valence-electron chi connectivity index (χ4n) is 5.63. The number of methoxy groups -OCH3 is 1. The van der Waals surface area contributed by atoms with Gasteiger partial charge in [0.15, 0.2) is 6.10 Å². The molecule has 1 amide bonds. The van der Waals surface area contributed by atoms with E-state index in [1.807, 2.05) is 12.1 Å². The number of likely N-dealkylation sites (N-methyl/N-ethyl adjacent to an activating group) is 1. The Balaban J connectivity index is 1.25. The molecule has 45 heavy (non-hydrogen) atoms. The Morgan fingerprint density at radius 1 is 1.11 bits per heavy atom. The van der Waals surface area contributed by atoms with Crippen LogP contribution in [0.3, 0.4) is 0 Å². The van der Waals surface area contributed by atoms with Crippen LogP contribution >= 0.6 is 0 Å². The van der Waals surface area contributed by atoms with Crippen molar-refractivity contribution in [2.24, 2.45) is 0 Å². The van der Waals surface area contributed by atoms with Gasteiger partial charge in [-0.25, -0.2) is 18.7 Å². The molecule has 2 atom stereocenters. The van der Waals surface area contributed by atoms with Gasteiger partial charge in [-0.2, -0.15) is 10.2 Å². The van der Waals surface area contributed by atoms with Gasteiger partial charge in [0, 0.05) is 63.2 Å². The molecule has 0 spiro atoms. The maximum Gasteiger partial charge on any atom is 0.273 e. The molecule has 2 N–H and O–H groups in total. The lowest BCUT2D eigenvalue weighted by molar-refractivity contribution is -0.150. The molecule has 2 fully saturated rings. The van der Waals surface area contributed by atoms with Crippen molar-refractivity contribution in [3.05, 3.63) is 48.3 Å². The third kappa shape index (κ3) is 7.38. The van der Waals surface area contributed by atoms with E-state index in [-0.39, 0.29) is 19.2 Å². The van der Waals surface area contributed by atoms with Gasteiger partial charge in [-0.3, -0.25) is 4.79 Å². The first kappa shape index (κ1) is 31.8. The number of rotatable bonds is 9. The smallest absolute Gasteiger partial charge is 0.273 e. The third-order valence-corrected chi connectivity index (χ3v) is 8.03.